The zero-order chi connectivity index (χ0) is 24.3. The van der Waals surface area contributed by atoms with Gasteiger partial charge in [-0.25, -0.2) is 14.8 Å². The molecule has 1 aromatic carbocycles. The van der Waals surface area contributed by atoms with Crippen LogP contribution in [0.5, 0.6) is 5.88 Å². The van der Waals surface area contributed by atoms with Crippen molar-refractivity contribution in [2.45, 2.75) is 32.9 Å². The Kier molecular flexibility index (Phi) is 7.73. The maximum absolute atomic E-state index is 12.3. The van der Waals surface area contributed by atoms with Crippen molar-refractivity contribution in [3.05, 3.63) is 63.4 Å². The Labute approximate surface area is 208 Å². The summed E-state index contributed by atoms with van der Waals surface area (Å²) in [6, 6.07) is 11.0. The normalized spacial score (nSPS) is 11.3. The molecule has 2 aromatic heterocycles. The summed E-state index contributed by atoms with van der Waals surface area (Å²) in [4.78, 5) is 22.4. The number of methoxy groups -OCH3 is 1. The van der Waals surface area contributed by atoms with Crippen molar-refractivity contribution in [1.29, 1.82) is 0 Å². The lowest BCUT2D eigenvalue weighted by atomic mass is 10.0. The number of carbonyl (C=O) groups is 1. The molecule has 0 radical (unpaired) electrons. The van der Waals surface area contributed by atoms with Crippen LogP contribution in [0, 0.1) is 0 Å². The van der Waals surface area contributed by atoms with Crippen molar-refractivity contribution < 1.29 is 14.3 Å². The van der Waals surface area contributed by atoms with Gasteiger partial charge in [0.25, 0.3) is 0 Å². The lowest BCUT2D eigenvalue weighted by Gasteiger charge is -2.25. The zero-order valence-electron chi connectivity index (χ0n) is 18.9. The van der Waals surface area contributed by atoms with Crippen LogP contribution in [-0.2, 0) is 11.3 Å². The Hall–Kier alpha value is -2.54. The second-order valence-corrected chi connectivity index (χ2v) is 9.45. The summed E-state index contributed by atoms with van der Waals surface area (Å²) in [7, 11) is 3.19. The van der Waals surface area contributed by atoms with Crippen LogP contribution in [0.25, 0.3) is 22.4 Å². The molecule has 0 spiro atoms. The topological polar surface area (TPSA) is 64.6 Å². The average Bonchev–Trinajstić information content (AvgIpc) is 2.75. The number of benzene rings is 1. The van der Waals surface area contributed by atoms with E-state index < -0.39 is 11.7 Å². The first kappa shape index (κ1) is 25.1. The molecule has 33 heavy (non-hydrogen) atoms. The summed E-state index contributed by atoms with van der Waals surface area (Å²) in [5.74, 6) is 0.384. The number of rotatable bonds is 5. The van der Waals surface area contributed by atoms with Crippen LogP contribution >= 0.6 is 34.8 Å². The number of ether oxygens (including phenoxy) is 2. The highest BCUT2D eigenvalue weighted by atomic mass is 35.5. The van der Waals surface area contributed by atoms with E-state index in [1.165, 1.54) is 12.0 Å². The molecule has 3 rings (SSSR count). The second kappa shape index (κ2) is 10.2. The first-order valence-electron chi connectivity index (χ1n) is 10.1. The number of amides is 1. The Morgan fingerprint density at radius 2 is 1.67 bits per heavy atom. The van der Waals surface area contributed by atoms with E-state index in [-0.39, 0.29) is 11.7 Å². The predicted molar refractivity (Wildman–Crippen MR) is 132 cm³/mol. The van der Waals surface area contributed by atoms with Crippen LogP contribution in [0.4, 0.5) is 4.79 Å². The monoisotopic (exact) mass is 507 g/mol. The van der Waals surface area contributed by atoms with Gasteiger partial charge in [-0.1, -0.05) is 53.0 Å². The average molecular weight is 509 g/mol. The summed E-state index contributed by atoms with van der Waals surface area (Å²) in [6.45, 7) is 5.73. The highest BCUT2D eigenvalue weighted by Crippen LogP contribution is 2.40. The molecule has 0 aliphatic rings. The molecule has 0 unspecified atom stereocenters. The predicted octanol–water partition coefficient (Wildman–Crippen LogP) is 7.15. The molecule has 0 bridgehead atoms. The SMILES string of the molecule is COc1nc(-c2cccc(-c3ccnc(Cl)c3Cl)c2Cl)ccc1CN(C)C(=O)OC(C)(C)C. The van der Waals surface area contributed by atoms with Gasteiger partial charge in [0.05, 0.1) is 29.4 Å². The van der Waals surface area contributed by atoms with E-state index in [0.29, 0.717) is 38.3 Å². The van der Waals surface area contributed by atoms with Crippen LogP contribution in [0.1, 0.15) is 26.3 Å². The molecule has 0 fully saturated rings. The van der Waals surface area contributed by atoms with Crippen molar-refractivity contribution in [2.24, 2.45) is 0 Å². The smallest absolute Gasteiger partial charge is 0.410 e. The lowest BCUT2D eigenvalue weighted by molar-refractivity contribution is 0.0284. The molecular formula is C24H24Cl3N3O3. The fraction of sp³-hybridized carbons (Fsp3) is 0.292. The van der Waals surface area contributed by atoms with E-state index in [0.717, 1.165) is 5.56 Å². The van der Waals surface area contributed by atoms with Gasteiger partial charge in [-0.15, -0.1) is 0 Å². The summed E-state index contributed by atoms with van der Waals surface area (Å²) < 4.78 is 10.9. The molecule has 0 saturated carbocycles. The maximum atomic E-state index is 12.3. The van der Waals surface area contributed by atoms with Crippen molar-refractivity contribution in [3.63, 3.8) is 0 Å². The standard InChI is InChI=1S/C24H24Cl3N3O3/c1-24(2,3)33-23(31)30(4)13-14-9-10-18(29-22(14)32-5)17-8-6-7-15(19(17)25)16-11-12-28-21(27)20(16)26/h6-12H,13H2,1-5H3. The molecular weight excluding hydrogens is 485 g/mol. The molecule has 2 heterocycles. The number of hydrogen-bond donors (Lipinski definition) is 0. The Morgan fingerprint density at radius 1 is 1.00 bits per heavy atom. The number of carbonyl (C=O) groups excluding carboxylic acids is 1. The molecule has 0 atom stereocenters. The van der Waals surface area contributed by atoms with Gasteiger partial charge in [0.15, 0.2) is 0 Å². The summed E-state index contributed by atoms with van der Waals surface area (Å²) >= 11 is 19.2. The number of hydrogen-bond acceptors (Lipinski definition) is 5. The molecule has 174 valence electrons. The first-order chi connectivity index (χ1) is 15.5. The van der Waals surface area contributed by atoms with E-state index >= 15 is 0 Å². The third-order valence-electron chi connectivity index (χ3n) is 4.66. The van der Waals surface area contributed by atoms with Crippen LogP contribution in [0.3, 0.4) is 0 Å². The van der Waals surface area contributed by atoms with E-state index in [1.807, 2.05) is 51.1 Å². The maximum Gasteiger partial charge on any atom is 0.410 e. The van der Waals surface area contributed by atoms with Gasteiger partial charge in [-0.2, -0.15) is 0 Å². The van der Waals surface area contributed by atoms with E-state index in [4.69, 9.17) is 44.3 Å². The summed E-state index contributed by atoms with van der Waals surface area (Å²) in [5, 5.41) is 0.994. The Balaban J connectivity index is 1.94. The molecule has 6 nitrogen and oxygen atoms in total. The fourth-order valence-corrected chi connectivity index (χ4v) is 3.84. The molecule has 1 amide bonds. The van der Waals surface area contributed by atoms with E-state index in [1.54, 1.807) is 19.3 Å². The molecule has 0 aliphatic carbocycles. The minimum absolute atomic E-state index is 0.203. The van der Waals surface area contributed by atoms with Gasteiger partial charge >= 0.3 is 6.09 Å². The second-order valence-electron chi connectivity index (χ2n) is 8.33. The number of halogens is 3. The third kappa shape index (κ3) is 5.88. The number of pyridine rings is 2. The highest BCUT2D eigenvalue weighted by Gasteiger charge is 2.21. The van der Waals surface area contributed by atoms with Crippen LogP contribution in [0.15, 0.2) is 42.6 Å². The highest BCUT2D eigenvalue weighted by molar-refractivity contribution is 6.43. The van der Waals surface area contributed by atoms with Crippen LogP contribution in [0.2, 0.25) is 15.2 Å². The van der Waals surface area contributed by atoms with Crippen LogP contribution in [-0.4, -0.2) is 40.7 Å². The summed E-state index contributed by atoms with van der Waals surface area (Å²) in [5.41, 5.74) is 2.83. The van der Waals surface area contributed by atoms with Crippen molar-refractivity contribution >= 4 is 40.9 Å². The van der Waals surface area contributed by atoms with Crippen molar-refractivity contribution in [3.8, 4) is 28.3 Å². The van der Waals surface area contributed by atoms with Crippen molar-refractivity contribution in [1.82, 2.24) is 14.9 Å². The van der Waals surface area contributed by atoms with Gasteiger partial charge in [0, 0.05) is 35.5 Å². The van der Waals surface area contributed by atoms with Crippen LogP contribution < -0.4 is 4.74 Å². The van der Waals surface area contributed by atoms with E-state index in [2.05, 4.69) is 9.97 Å². The zero-order valence-corrected chi connectivity index (χ0v) is 21.2. The lowest BCUT2D eigenvalue weighted by Crippen LogP contribution is -2.33. The van der Waals surface area contributed by atoms with Gasteiger partial charge in [-0.3, -0.25) is 0 Å². The number of nitrogens with zero attached hydrogens (tertiary/aromatic N) is 3. The largest absolute Gasteiger partial charge is 0.481 e. The van der Waals surface area contributed by atoms with Crippen molar-refractivity contribution in [2.75, 3.05) is 14.2 Å². The minimum atomic E-state index is -0.582. The molecule has 0 saturated heterocycles. The summed E-state index contributed by atoms with van der Waals surface area (Å²) in [6.07, 6.45) is 1.14. The minimum Gasteiger partial charge on any atom is -0.481 e. The van der Waals surface area contributed by atoms with Gasteiger partial charge in [0.2, 0.25) is 5.88 Å². The Morgan fingerprint density at radius 3 is 2.33 bits per heavy atom. The Bertz CT molecular complexity index is 1180. The number of aromatic nitrogens is 2. The van der Waals surface area contributed by atoms with Gasteiger partial charge in [-0.05, 0) is 39.0 Å². The van der Waals surface area contributed by atoms with E-state index in [9.17, 15) is 4.79 Å². The van der Waals surface area contributed by atoms with Gasteiger partial charge < -0.3 is 14.4 Å². The first-order valence-corrected chi connectivity index (χ1v) is 11.2. The molecule has 9 heteroatoms. The molecule has 0 aliphatic heterocycles. The molecule has 3 aromatic rings. The fourth-order valence-electron chi connectivity index (χ4n) is 3.14. The molecule has 0 N–H and O–H groups in total. The quantitative estimate of drug-likeness (QED) is 0.342. The van der Waals surface area contributed by atoms with Gasteiger partial charge in [0.1, 0.15) is 10.8 Å². The third-order valence-corrected chi connectivity index (χ3v) is 5.83.